The fourth-order valence-corrected chi connectivity index (χ4v) is 3.35. The van der Waals surface area contributed by atoms with Crippen LogP contribution in [-0.4, -0.2) is 52.3 Å². The standard InChI is InChI=1S/C20H22N2O5/c1-21(17(20(25)26)10-14-6-3-2-4-7-14)19(24)15-11-18(23)22(12-15)13-16-8-5-9-27-16/h2-9,15,17H,10-13H2,1H3,(H,25,26). The lowest BCUT2D eigenvalue weighted by Crippen LogP contribution is -2.46. The zero-order valence-electron chi connectivity index (χ0n) is 15.1. The lowest BCUT2D eigenvalue weighted by Gasteiger charge is -2.27. The maximum Gasteiger partial charge on any atom is 0.326 e. The first kappa shape index (κ1) is 18.7. The van der Waals surface area contributed by atoms with Crippen LogP contribution in [0.2, 0.25) is 0 Å². The van der Waals surface area contributed by atoms with Gasteiger partial charge in [-0.15, -0.1) is 0 Å². The number of hydrogen-bond acceptors (Lipinski definition) is 4. The molecule has 0 saturated carbocycles. The summed E-state index contributed by atoms with van der Waals surface area (Å²) in [6.07, 6.45) is 1.84. The molecule has 0 bridgehead atoms. The molecule has 1 aromatic heterocycles. The highest BCUT2D eigenvalue weighted by Crippen LogP contribution is 2.23. The number of carboxylic acids is 1. The van der Waals surface area contributed by atoms with E-state index in [0.717, 1.165) is 5.56 Å². The number of rotatable bonds is 7. The molecular formula is C20H22N2O5. The highest BCUT2D eigenvalue weighted by Gasteiger charge is 2.38. The smallest absolute Gasteiger partial charge is 0.326 e. The summed E-state index contributed by atoms with van der Waals surface area (Å²) < 4.78 is 5.26. The maximum absolute atomic E-state index is 12.8. The molecule has 2 amide bonds. The van der Waals surface area contributed by atoms with Crippen LogP contribution in [0.4, 0.5) is 0 Å². The SMILES string of the molecule is CN(C(=O)C1CC(=O)N(Cc2ccco2)C1)C(Cc1ccccc1)C(=O)O. The number of carbonyl (C=O) groups is 3. The summed E-state index contributed by atoms with van der Waals surface area (Å²) >= 11 is 0. The van der Waals surface area contributed by atoms with E-state index in [9.17, 15) is 19.5 Å². The van der Waals surface area contributed by atoms with Crippen molar-refractivity contribution in [3.63, 3.8) is 0 Å². The van der Waals surface area contributed by atoms with Crippen LogP contribution in [0, 0.1) is 5.92 Å². The third kappa shape index (κ3) is 4.36. The highest BCUT2D eigenvalue weighted by molar-refractivity contribution is 5.91. The summed E-state index contributed by atoms with van der Waals surface area (Å²) in [5, 5.41) is 9.59. The average Bonchev–Trinajstić information content (AvgIpc) is 3.29. The maximum atomic E-state index is 12.8. The third-order valence-corrected chi connectivity index (χ3v) is 4.86. The van der Waals surface area contributed by atoms with Crippen molar-refractivity contribution in [2.75, 3.05) is 13.6 Å². The van der Waals surface area contributed by atoms with E-state index in [0.29, 0.717) is 12.3 Å². The number of aliphatic carboxylic acids is 1. The molecule has 0 spiro atoms. The quantitative estimate of drug-likeness (QED) is 0.802. The van der Waals surface area contributed by atoms with Crippen molar-refractivity contribution in [1.82, 2.24) is 9.80 Å². The topological polar surface area (TPSA) is 91.1 Å². The Balaban J connectivity index is 1.66. The van der Waals surface area contributed by atoms with E-state index in [2.05, 4.69) is 0 Å². The minimum atomic E-state index is -1.06. The summed E-state index contributed by atoms with van der Waals surface area (Å²) in [5.74, 6) is -1.42. The van der Waals surface area contributed by atoms with Gasteiger partial charge in [0.1, 0.15) is 11.8 Å². The highest BCUT2D eigenvalue weighted by atomic mass is 16.4. The van der Waals surface area contributed by atoms with Crippen LogP contribution in [-0.2, 0) is 27.3 Å². The molecule has 7 heteroatoms. The monoisotopic (exact) mass is 370 g/mol. The Morgan fingerprint density at radius 3 is 2.63 bits per heavy atom. The first-order valence-corrected chi connectivity index (χ1v) is 8.79. The number of hydrogen-bond donors (Lipinski definition) is 1. The lowest BCUT2D eigenvalue weighted by molar-refractivity contribution is -0.150. The second-order valence-electron chi connectivity index (χ2n) is 6.75. The Bertz CT molecular complexity index is 803. The molecule has 2 heterocycles. The summed E-state index contributed by atoms with van der Waals surface area (Å²) in [7, 11) is 1.49. The molecule has 2 aromatic rings. The van der Waals surface area contributed by atoms with Gasteiger partial charge >= 0.3 is 5.97 Å². The van der Waals surface area contributed by atoms with Crippen LogP contribution >= 0.6 is 0 Å². The van der Waals surface area contributed by atoms with Gasteiger partial charge in [0.15, 0.2) is 0 Å². The fourth-order valence-electron chi connectivity index (χ4n) is 3.35. The summed E-state index contributed by atoms with van der Waals surface area (Å²) in [6.45, 7) is 0.575. The molecule has 0 aliphatic carbocycles. The number of nitrogens with zero attached hydrogens (tertiary/aromatic N) is 2. The summed E-state index contributed by atoms with van der Waals surface area (Å²) in [5.41, 5.74) is 0.839. The van der Waals surface area contributed by atoms with Gasteiger partial charge in [0.05, 0.1) is 18.7 Å². The number of benzene rings is 1. The molecular weight excluding hydrogens is 348 g/mol. The molecule has 0 radical (unpaired) electrons. The molecule has 27 heavy (non-hydrogen) atoms. The van der Waals surface area contributed by atoms with Gasteiger partial charge in [0, 0.05) is 26.4 Å². The van der Waals surface area contributed by atoms with Crippen molar-refractivity contribution in [3.05, 3.63) is 60.1 Å². The number of likely N-dealkylation sites (tertiary alicyclic amines) is 1. The second kappa shape index (κ2) is 8.07. The average molecular weight is 370 g/mol. The van der Waals surface area contributed by atoms with Crippen molar-refractivity contribution in [3.8, 4) is 0 Å². The minimum Gasteiger partial charge on any atom is -0.480 e. The lowest BCUT2D eigenvalue weighted by atomic mass is 10.0. The van der Waals surface area contributed by atoms with Crippen molar-refractivity contribution in [1.29, 1.82) is 0 Å². The molecule has 1 fully saturated rings. The first-order valence-electron chi connectivity index (χ1n) is 8.79. The molecule has 3 rings (SSSR count). The number of carbonyl (C=O) groups excluding carboxylic acids is 2. The van der Waals surface area contributed by atoms with Crippen LogP contribution in [0.1, 0.15) is 17.7 Å². The van der Waals surface area contributed by atoms with E-state index in [-0.39, 0.29) is 31.2 Å². The van der Waals surface area contributed by atoms with Crippen LogP contribution in [0.25, 0.3) is 0 Å². The van der Waals surface area contributed by atoms with Gasteiger partial charge in [-0.25, -0.2) is 4.79 Å². The molecule has 7 nitrogen and oxygen atoms in total. The normalized spacial score (nSPS) is 17.7. The Labute approximate surface area is 157 Å². The van der Waals surface area contributed by atoms with Crippen LogP contribution in [0.5, 0.6) is 0 Å². The Morgan fingerprint density at radius 1 is 1.26 bits per heavy atom. The van der Waals surface area contributed by atoms with Crippen molar-refractivity contribution < 1.29 is 23.9 Å². The molecule has 142 valence electrons. The van der Waals surface area contributed by atoms with Gasteiger partial charge < -0.3 is 19.3 Å². The number of amides is 2. The Kier molecular flexibility index (Phi) is 5.59. The minimum absolute atomic E-state index is 0.0849. The van der Waals surface area contributed by atoms with E-state index in [1.807, 2.05) is 30.3 Å². The predicted octanol–water partition coefficient (Wildman–Crippen LogP) is 1.78. The van der Waals surface area contributed by atoms with Gasteiger partial charge in [-0.3, -0.25) is 9.59 Å². The van der Waals surface area contributed by atoms with E-state index in [1.54, 1.807) is 17.0 Å². The van der Waals surface area contributed by atoms with Crippen molar-refractivity contribution in [2.45, 2.75) is 25.4 Å². The van der Waals surface area contributed by atoms with E-state index < -0.39 is 17.9 Å². The number of carboxylic acid groups (broad SMARTS) is 1. The second-order valence-corrected chi connectivity index (χ2v) is 6.75. The van der Waals surface area contributed by atoms with Crippen molar-refractivity contribution in [2.24, 2.45) is 5.92 Å². The summed E-state index contributed by atoms with van der Waals surface area (Å²) in [4.78, 5) is 39.6. The van der Waals surface area contributed by atoms with Crippen LogP contribution < -0.4 is 0 Å². The van der Waals surface area contributed by atoms with Gasteiger partial charge in [0.25, 0.3) is 0 Å². The molecule has 1 saturated heterocycles. The Hall–Kier alpha value is -3.09. The largest absolute Gasteiger partial charge is 0.480 e. The molecule has 1 aromatic carbocycles. The van der Waals surface area contributed by atoms with Gasteiger partial charge in [0.2, 0.25) is 11.8 Å². The van der Waals surface area contributed by atoms with E-state index in [1.165, 1.54) is 18.2 Å². The third-order valence-electron chi connectivity index (χ3n) is 4.86. The van der Waals surface area contributed by atoms with Gasteiger partial charge in [-0.05, 0) is 17.7 Å². The fraction of sp³-hybridized carbons (Fsp3) is 0.350. The zero-order chi connectivity index (χ0) is 19.4. The Morgan fingerprint density at radius 2 is 2.00 bits per heavy atom. The first-order chi connectivity index (χ1) is 13.0. The van der Waals surface area contributed by atoms with E-state index in [4.69, 9.17) is 4.42 Å². The van der Waals surface area contributed by atoms with E-state index >= 15 is 0 Å². The molecule has 2 unspecified atom stereocenters. The van der Waals surface area contributed by atoms with Crippen molar-refractivity contribution >= 4 is 17.8 Å². The molecule has 1 N–H and O–H groups in total. The van der Waals surface area contributed by atoms with Gasteiger partial charge in [-0.2, -0.15) is 0 Å². The molecule has 2 atom stereocenters. The number of likely N-dealkylation sites (N-methyl/N-ethyl adjacent to an activating group) is 1. The molecule has 1 aliphatic rings. The molecule has 1 aliphatic heterocycles. The summed E-state index contributed by atoms with van der Waals surface area (Å²) in [6, 6.07) is 11.7. The zero-order valence-corrected chi connectivity index (χ0v) is 15.1. The number of furan rings is 1. The van der Waals surface area contributed by atoms with Gasteiger partial charge in [-0.1, -0.05) is 30.3 Å². The van der Waals surface area contributed by atoms with Crippen LogP contribution in [0.15, 0.2) is 53.1 Å². The predicted molar refractivity (Wildman–Crippen MR) is 96.6 cm³/mol. The van der Waals surface area contributed by atoms with Crippen LogP contribution in [0.3, 0.4) is 0 Å².